The summed E-state index contributed by atoms with van der Waals surface area (Å²) in [6.07, 6.45) is 2.05. The second-order valence-electron chi connectivity index (χ2n) is 7.95. The molecule has 0 nitrogen and oxygen atoms in total. The van der Waals surface area contributed by atoms with Crippen molar-refractivity contribution in [1.82, 2.24) is 0 Å². The fourth-order valence-corrected chi connectivity index (χ4v) is 6.61. The first-order valence-electron chi connectivity index (χ1n) is 9.63. The summed E-state index contributed by atoms with van der Waals surface area (Å²) in [5.74, 6) is -1.30. The van der Waals surface area contributed by atoms with Gasteiger partial charge in [-0.25, -0.2) is 13.2 Å². The summed E-state index contributed by atoms with van der Waals surface area (Å²) in [6, 6.07) is 17.4. The average molecular weight is 399 g/mol. The Bertz CT molecular complexity index is 922. The maximum absolute atomic E-state index is 15.0. The highest BCUT2D eigenvalue weighted by Crippen LogP contribution is 2.24. The molecule has 0 saturated carbocycles. The van der Waals surface area contributed by atoms with Gasteiger partial charge in [-0.3, -0.25) is 0 Å². The zero-order valence-corrected chi connectivity index (χ0v) is 17.5. The molecule has 146 valence electrons. The van der Waals surface area contributed by atoms with E-state index in [4.69, 9.17) is 0 Å². The highest BCUT2D eigenvalue weighted by Gasteiger charge is 2.31. The molecule has 0 aliphatic rings. The van der Waals surface area contributed by atoms with Gasteiger partial charge in [0.2, 0.25) is 0 Å². The van der Waals surface area contributed by atoms with Gasteiger partial charge in [0.1, 0.15) is 17.5 Å². The number of halogens is 3. The lowest BCUT2D eigenvalue weighted by Crippen LogP contribution is -2.48. The predicted octanol–water partition coefficient (Wildman–Crippen LogP) is 6.42. The van der Waals surface area contributed by atoms with Crippen molar-refractivity contribution < 1.29 is 13.2 Å². The normalized spacial score (nSPS) is 11.6. The van der Waals surface area contributed by atoms with E-state index in [1.165, 1.54) is 29.8 Å². The Morgan fingerprint density at radius 1 is 0.714 bits per heavy atom. The largest absolute Gasteiger partial charge is 0.207 e. The number of benzene rings is 3. The number of aryl methyl sites for hydroxylation is 1. The predicted molar refractivity (Wildman–Crippen MR) is 113 cm³/mol. The van der Waals surface area contributed by atoms with Gasteiger partial charge in [-0.1, -0.05) is 68.4 Å². The van der Waals surface area contributed by atoms with Crippen LogP contribution in [0.1, 0.15) is 24.5 Å². The van der Waals surface area contributed by atoms with Crippen molar-refractivity contribution in [2.24, 2.45) is 0 Å². The molecule has 0 unspecified atom stereocenters. The van der Waals surface area contributed by atoms with Gasteiger partial charge in [0.05, 0.1) is 8.07 Å². The molecule has 0 atom stereocenters. The monoisotopic (exact) mass is 398 g/mol. The number of hydrogen-bond acceptors (Lipinski definition) is 0. The number of hydrogen-bond donors (Lipinski definition) is 0. The summed E-state index contributed by atoms with van der Waals surface area (Å²) in [4.78, 5) is 0. The molecule has 3 rings (SSSR count). The van der Waals surface area contributed by atoms with Crippen molar-refractivity contribution in [2.45, 2.75) is 38.9 Å². The van der Waals surface area contributed by atoms with E-state index in [0.717, 1.165) is 24.0 Å². The SMILES string of the molecule is CCCc1ccc(-c2cc(F)c([Si](C)(C)Cc3ccc(F)cc3)c(F)c2)cc1. The van der Waals surface area contributed by atoms with E-state index in [1.807, 2.05) is 37.4 Å². The first-order chi connectivity index (χ1) is 13.3. The lowest BCUT2D eigenvalue weighted by atomic mass is 10.0. The molecule has 0 aliphatic heterocycles. The smallest absolute Gasteiger partial charge is 0.125 e. The van der Waals surface area contributed by atoms with E-state index in [0.29, 0.717) is 11.6 Å². The Balaban J connectivity index is 1.91. The van der Waals surface area contributed by atoms with E-state index in [1.54, 1.807) is 12.1 Å². The van der Waals surface area contributed by atoms with Gasteiger partial charge < -0.3 is 0 Å². The molecule has 0 spiro atoms. The Hall–Kier alpha value is -2.33. The van der Waals surface area contributed by atoms with Crippen LogP contribution in [0.5, 0.6) is 0 Å². The third-order valence-electron chi connectivity index (χ3n) is 5.10. The molecular formula is C24H25F3Si. The van der Waals surface area contributed by atoms with Gasteiger partial charge in [0.25, 0.3) is 0 Å². The molecule has 0 bridgehead atoms. The first-order valence-corrected chi connectivity index (χ1v) is 12.8. The van der Waals surface area contributed by atoms with Crippen LogP contribution in [0.25, 0.3) is 11.1 Å². The zero-order chi connectivity index (χ0) is 20.3. The van der Waals surface area contributed by atoms with E-state index >= 15 is 0 Å². The van der Waals surface area contributed by atoms with Crippen LogP contribution < -0.4 is 5.19 Å². The molecular weight excluding hydrogens is 373 g/mol. The van der Waals surface area contributed by atoms with E-state index in [9.17, 15) is 13.2 Å². The summed E-state index contributed by atoms with van der Waals surface area (Å²) >= 11 is 0. The zero-order valence-electron chi connectivity index (χ0n) is 16.5. The van der Waals surface area contributed by atoms with Gasteiger partial charge >= 0.3 is 0 Å². The van der Waals surface area contributed by atoms with Crippen LogP contribution in [0.15, 0.2) is 60.7 Å². The van der Waals surface area contributed by atoms with Gasteiger partial charge in [0, 0.05) is 5.19 Å². The van der Waals surface area contributed by atoms with Crippen LogP contribution in [-0.4, -0.2) is 8.07 Å². The summed E-state index contributed by atoms with van der Waals surface area (Å²) in [5, 5.41) is 0.197. The first kappa shape index (κ1) is 20.4. The molecule has 0 aromatic heterocycles. The average Bonchev–Trinajstić information content (AvgIpc) is 2.63. The van der Waals surface area contributed by atoms with Gasteiger partial charge in [-0.05, 0) is 53.4 Å². The third kappa shape index (κ3) is 4.56. The van der Waals surface area contributed by atoms with Gasteiger partial charge in [-0.2, -0.15) is 0 Å². The van der Waals surface area contributed by atoms with Crippen LogP contribution in [0.4, 0.5) is 13.2 Å². The van der Waals surface area contributed by atoms with Crippen molar-refractivity contribution in [3.8, 4) is 11.1 Å². The molecule has 0 amide bonds. The minimum Gasteiger partial charge on any atom is -0.207 e. The summed E-state index contributed by atoms with van der Waals surface area (Å²) in [6.45, 7) is 6.00. The van der Waals surface area contributed by atoms with Crippen LogP contribution in [0, 0.1) is 17.5 Å². The van der Waals surface area contributed by atoms with Crippen molar-refractivity contribution in [2.75, 3.05) is 0 Å². The molecule has 3 aromatic rings. The van der Waals surface area contributed by atoms with Gasteiger partial charge in [-0.15, -0.1) is 0 Å². The summed E-state index contributed by atoms with van der Waals surface area (Å²) < 4.78 is 43.1. The van der Waals surface area contributed by atoms with Crippen molar-refractivity contribution >= 4 is 13.3 Å². The third-order valence-corrected chi connectivity index (χ3v) is 8.23. The molecule has 3 aromatic carbocycles. The van der Waals surface area contributed by atoms with E-state index < -0.39 is 19.7 Å². The van der Waals surface area contributed by atoms with Crippen LogP contribution in [0.3, 0.4) is 0 Å². The van der Waals surface area contributed by atoms with Crippen molar-refractivity contribution in [3.63, 3.8) is 0 Å². The Morgan fingerprint density at radius 3 is 1.79 bits per heavy atom. The fourth-order valence-electron chi connectivity index (χ4n) is 3.74. The minimum absolute atomic E-state index is 0.197. The molecule has 0 saturated heterocycles. The van der Waals surface area contributed by atoms with Crippen LogP contribution in [-0.2, 0) is 12.5 Å². The highest BCUT2D eigenvalue weighted by atomic mass is 28.3. The topological polar surface area (TPSA) is 0 Å². The quantitative estimate of drug-likeness (QED) is 0.420. The molecule has 0 aliphatic carbocycles. The molecule has 0 fully saturated rings. The van der Waals surface area contributed by atoms with Crippen molar-refractivity contribution in [3.05, 3.63) is 89.2 Å². The number of rotatable bonds is 6. The van der Waals surface area contributed by atoms with Crippen molar-refractivity contribution in [1.29, 1.82) is 0 Å². The Labute approximate surface area is 166 Å². The van der Waals surface area contributed by atoms with Crippen LogP contribution in [0.2, 0.25) is 13.1 Å². The van der Waals surface area contributed by atoms with E-state index in [2.05, 4.69) is 6.92 Å². The lowest BCUT2D eigenvalue weighted by Gasteiger charge is -2.25. The highest BCUT2D eigenvalue weighted by molar-refractivity contribution is 6.89. The second-order valence-corrected chi connectivity index (χ2v) is 12.6. The molecule has 0 N–H and O–H groups in total. The van der Waals surface area contributed by atoms with E-state index in [-0.39, 0.29) is 11.0 Å². The summed E-state index contributed by atoms with van der Waals surface area (Å²) in [7, 11) is -2.44. The van der Waals surface area contributed by atoms with Crippen LogP contribution >= 0.6 is 0 Å². The molecule has 0 heterocycles. The standard InChI is InChI=1S/C24H25F3Si/c1-4-5-17-6-10-19(11-7-17)20-14-22(26)24(23(27)15-20)28(2,3)16-18-8-12-21(25)13-9-18/h6-15H,4-5,16H2,1-3H3. The molecule has 0 radical (unpaired) electrons. The second kappa shape index (κ2) is 8.35. The maximum atomic E-state index is 15.0. The maximum Gasteiger partial charge on any atom is 0.125 e. The fraction of sp³-hybridized carbons (Fsp3) is 0.250. The summed E-state index contributed by atoms with van der Waals surface area (Å²) in [5.41, 5.74) is 3.47. The lowest BCUT2D eigenvalue weighted by molar-refractivity contribution is 0.596. The molecule has 4 heteroatoms. The molecule has 28 heavy (non-hydrogen) atoms. The minimum atomic E-state index is -2.44. The van der Waals surface area contributed by atoms with Gasteiger partial charge in [0.15, 0.2) is 0 Å². The Kier molecular flexibility index (Phi) is 6.09. The Morgan fingerprint density at radius 2 is 1.25 bits per heavy atom.